The fraction of sp³-hybridized carbons (Fsp3) is 0.278. The number of nitrogens with zero attached hydrogens (tertiary/aromatic N) is 3. The molecule has 1 aliphatic rings. The molecular formula is C18H18N4O2. The van der Waals surface area contributed by atoms with Gasteiger partial charge in [0.05, 0.1) is 36.2 Å². The maximum atomic E-state index is 13.1. The predicted octanol–water partition coefficient (Wildman–Crippen LogP) is 2.41. The summed E-state index contributed by atoms with van der Waals surface area (Å²) in [5.41, 5.74) is 4.21. The molecule has 0 spiro atoms. The minimum atomic E-state index is 0.0287. The topological polar surface area (TPSA) is 71.1 Å². The smallest absolute Gasteiger partial charge is 0.254 e. The number of pyridine rings is 1. The molecule has 0 atom stereocenters. The number of hydrogen-bond donors (Lipinski definition) is 1. The van der Waals surface area contributed by atoms with Crippen molar-refractivity contribution in [2.24, 2.45) is 0 Å². The third-order valence-corrected chi connectivity index (χ3v) is 4.36. The van der Waals surface area contributed by atoms with Gasteiger partial charge in [-0.1, -0.05) is 18.2 Å². The Balaban J connectivity index is 1.89. The molecule has 3 aromatic rings. The summed E-state index contributed by atoms with van der Waals surface area (Å²) < 4.78 is 5.36. The van der Waals surface area contributed by atoms with E-state index in [0.717, 1.165) is 27.7 Å². The molecule has 0 unspecified atom stereocenters. The Kier molecular flexibility index (Phi) is 3.74. The van der Waals surface area contributed by atoms with E-state index in [2.05, 4.69) is 10.2 Å². The highest BCUT2D eigenvalue weighted by Crippen LogP contribution is 2.27. The zero-order chi connectivity index (χ0) is 16.5. The summed E-state index contributed by atoms with van der Waals surface area (Å²) in [6.07, 6.45) is 3.50. The predicted molar refractivity (Wildman–Crippen MR) is 90.8 cm³/mol. The number of H-pyrrole nitrogens is 1. The van der Waals surface area contributed by atoms with Crippen molar-refractivity contribution in [2.75, 3.05) is 26.3 Å². The van der Waals surface area contributed by atoms with Crippen molar-refractivity contribution in [3.63, 3.8) is 0 Å². The summed E-state index contributed by atoms with van der Waals surface area (Å²) in [5.74, 6) is 0.0287. The molecule has 6 nitrogen and oxygen atoms in total. The number of para-hydroxylation sites is 1. The lowest BCUT2D eigenvalue weighted by atomic mass is 10.0. The van der Waals surface area contributed by atoms with Crippen molar-refractivity contribution in [1.82, 2.24) is 20.1 Å². The van der Waals surface area contributed by atoms with Crippen molar-refractivity contribution < 1.29 is 9.53 Å². The van der Waals surface area contributed by atoms with Gasteiger partial charge in [0.1, 0.15) is 0 Å². The Bertz CT molecular complexity index is 883. The number of nitrogens with one attached hydrogen (secondary N) is 1. The van der Waals surface area contributed by atoms with Crippen LogP contribution in [0.25, 0.3) is 22.2 Å². The van der Waals surface area contributed by atoms with Crippen molar-refractivity contribution in [3.8, 4) is 11.3 Å². The van der Waals surface area contributed by atoms with E-state index in [-0.39, 0.29) is 5.91 Å². The van der Waals surface area contributed by atoms with Crippen molar-refractivity contribution in [3.05, 3.63) is 47.8 Å². The van der Waals surface area contributed by atoms with Gasteiger partial charge in [0.25, 0.3) is 5.91 Å². The number of hydrogen-bond acceptors (Lipinski definition) is 4. The Morgan fingerprint density at radius 2 is 2.12 bits per heavy atom. The van der Waals surface area contributed by atoms with Crippen LogP contribution < -0.4 is 0 Å². The first-order chi connectivity index (χ1) is 11.7. The van der Waals surface area contributed by atoms with Crippen molar-refractivity contribution in [2.45, 2.75) is 6.92 Å². The lowest BCUT2D eigenvalue weighted by molar-refractivity contribution is 0.0304. The van der Waals surface area contributed by atoms with Crippen LogP contribution in [-0.2, 0) is 4.74 Å². The number of amides is 1. The number of ether oxygens (including phenoxy) is 1. The summed E-state index contributed by atoms with van der Waals surface area (Å²) in [7, 11) is 0. The second-order valence-electron chi connectivity index (χ2n) is 5.92. The molecule has 1 fully saturated rings. The minimum absolute atomic E-state index is 0.0287. The first-order valence-corrected chi connectivity index (χ1v) is 8.00. The average molecular weight is 322 g/mol. The monoisotopic (exact) mass is 322 g/mol. The third-order valence-electron chi connectivity index (χ3n) is 4.36. The molecule has 1 N–H and O–H groups in total. The molecule has 2 aromatic heterocycles. The molecule has 4 rings (SSSR count). The number of aryl methyl sites for hydroxylation is 1. The van der Waals surface area contributed by atoms with Gasteiger partial charge < -0.3 is 9.64 Å². The molecule has 6 heteroatoms. The highest BCUT2D eigenvalue weighted by atomic mass is 16.5. The number of aromatic nitrogens is 3. The van der Waals surface area contributed by atoms with Crippen LogP contribution in [0.1, 0.15) is 15.9 Å². The molecule has 0 bridgehead atoms. The SMILES string of the molecule is Cc1cccc2c(C(=O)N3CCOCC3)cc(-c3cn[nH]c3)nc12. The molecular weight excluding hydrogens is 304 g/mol. The number of fused-ring (bicyclic) bond motifs is 1. The van der Waals surface area contributed by atoms with Gasteiger partial charge in [0.15, 0.2) is 0 Å². The molecule has 3 heterocycles. The van der Waals surface area contributed by atoms with Crippen LogP contribution in [0.2, 0.25) is 0 Å². The van der Waals surface area contributed by atoms with Crippen molar-refractivity contribution in [1.29, 1.82) is 0 Å². The minimum Gasteiger partial charge on any atom is -0.378 e. The average Bonchev–Trinajstić information content (AvgIpc) is 3.16. The first-order valence-electron chi connectivity index (χ1n) is 8.00. The van der Waals surface area contributed by atoms with Gasteiger partial charge in [-0.25, -0.2) is 4.98 Å². The van der Waals surface area contributed by atoms with Crippen LogP contribution in [0.5, 0.6) is 0 Å². The number of aromatic amines is 1. The third kappa shape index (κ3) is 2.55. The van der Waals surface area contributed by atoms with Crippen LogP contribution >= 0.6 is 0 Å². The molecule has 1 aromatic carbocycles. The van der Waals surface area contributed by atoms with Crippen LogP contribution in [0.15, 0.2) is 36.7 Å². The number of benzene rings is 1. The summed E-state index contributed by atoms with van der Waals surface area (Å²) in [5, 5.41) is 7.68. The van der Waals surface area contributed by atoms with Gasteiger partial charge in [-0.2, -0.15) is 5.10 Å². The molecule has 0 radical (unpaired) electrons. The molecule has 1 amide bonds. The van der Waals surface area contributed by atoms with Gasteiger partial charge in [-0.3, -0.25) is 9.89 Å². The van der Waals surface area contributed by atoms with Gasteiger partial charge in [-0.15, -0.1) is 0 Å². The lowest BCUT2D eigenvalue weighted by Crippen LogP contribution is -2.40. The van der Waals surface area contributed by atoms with Crippen LogP contribution in [0.3, 0.4) is 0 Å². The zero-order valence-corrected chi connectivity index (χ0v) is 13.5. The number of carbonyl (C=O) groups is 1. The van der Waals surface area contributed by atoms with Crippen molar-refractivity contribution >= 4 is 16.8 Å². The Morgan fingerprint density at radius 1 is 1.29 bits per heavy atom. The number of carbonyl (C=O) groups excluding carboxylic acids is 1. The number of rotatable bonds is 2. The molecule has 0 aliphatic carbocycles. The van der Waals surface area contributed by atoms with Gasteiger partial charge in [0, 0.05) is 30.2 Å². The van der Waals surface area contributed by atoms with E-state index in [9.17, 15) is 4.79 Å². The zero-order valence-electron chi connectivity index (χ0n) is 13.5. The summed E-state index contributed by atoms with van der Waals surface area (Å²) >= 11 is 0. The molecule has 24 heavy (non-hydrogen) atoms. The number of morpholine rings is 1. The fourth-order valence-electron chi connectivity index (χ4n) is 3.04. The van der Waals surface area contributed by atoms with E-state index in [1.165, 1.54) is 0 Å². The molecule has 1 saturated heterocycles. The van der Waals surface area contributed by atoms with Crippen LogP contribution in [0.4, 0.5) is 0 Å². The molecule has 122 valence electrons. The van der Waals surface area contributed by atoms with E-state index < -0.39 is 0 Å². The Hall–Kier alpha value is -2.73. The van der Waals surface area contributed by atoms with E-state index in [1.807, 2.05) is 36.1 Å². The van der Waals surface area contributed by atoms with E-state index in [4.69, 9.17) is 9.72 Å². The second kappa shape index (κ2) is 6.05. The highest BCUT2D eigenvalue weighted by Gasteiger charge is 2.22. The summed E-state index contributed by atoms with van der Waals surface area (Å²) in [4.78, 5) is 19.7. The van der Waals surface area contributed by atoms with E-state index in [0.29, 0.717) is 31.9 Å². The van der Waals surface area contributed by atoms with Gasteiger partial charge >= 0.3 is 0 Å². The maximum absolute atomic E-state index is 13.1. The lowest BCUT2D eigenvalue weighted by Gasteiger charge is -2.27. The second-order valence-corrected chi connectivity index (χ2v) is 5.92. The quantitative estimate of drug-likeness (QED) is 0.786. The largest absolute Gasteiger partial charge is 0.378 e. The van der Waals surface area contributed by atoms with E-state index >= 15 is 0 Å². The first kappa shape index (κ1) is 14.8. The molecule has 0 saturated carbocycles. The van der Waals surface area contributed by atoms with Gasteiger partial charge in [-0.05, 0) is 18.6 Å². The fourth-order valence-corrected chi connectivity index (χ4v) is 3.04. The normalized spacial score (nSPS) is 15.0. The maximum Gasteiger partial charge on any atom is 0.254 e. The highest BCUT2D eigenvalue weighted by molar-refractivity contribution is 6.07. The van der Waals surface area contributed by atoms with E-state index in [1.54, 1.807) is 12.4 Å². The standard InChI is InChI=1S/C18H18N4O2/c1-12-3-2-4-14-15(18(23)22-5-7-24-8-6-22)9-16(21-17(12)14)13-10-19-20-11-13/h2-4,9-11H,5-8H2,1H3,(H,19,20). The van der Waals surface area contributed by atoms with Crippen LogP contribution in [0, 0.1) is 6.92 Å². The Labute approximate surface area is 139 Å². The summed E-state index contributed by atoms with van der Waals surface area (Å²) in [6.45, 7) is 4.42. The van der Waals surface area contributed by atoms with Crippen LogP contribution in [-0.4, -0.2) is 52.3 Å². The Morgan fingerprint density at radius 3 is 2.88 bits per heavy atom. The molecule has 1 aliphatic heterocycles. The van der Waals surface area contributed by atoms with Gasteiger partial charge in [0.2, 0.25) is 0 Å². The summed E-state index contributed by atoms with van der Waals surface area (Å²) in [6, 6.07) is 7.80.